The van der Waals surface area contributed by atoms with Crippen LogP contribution in [0.3, 0.4) is 0 Å². The Hall–Kier alpha value is -3.60. The van der Waals surface area contributed by atoms with Gasteiger partial charge in [-0.3, -0.25) is 0 Å². The molecule has 3 aromatic rings. The van der Waals surface area contributed by atoms with Gasteiger partial charge < -0.3 is 15.4 Å². The number of benzene rings is 3. The number of amides is 2. The first kappa shape index (κ1) is 21.1. The van der Waals surface area contributed by atoms with Gasteiger partial charge in [0.1, 0.15) is 0 Å². The van der Waals surface area contributed by atoms with E-state index in [1.807, 2.05) is 43.3 Å². The van der Waals surface area contributed by atoms with Crippen LogP contribution in [0.25, 0.3) is 0 Å². The Kier molecular flexibility index (Phi) is 7.22. The maximum absolute atomic E-state index is 12.4. The van der Waals surface area contributed by atoms with Crippen LogP contribution in [0.15, 0.2) is 78.9 Å². The number of esters is 1. The van der Waals surface area contributed by atoms with Crippen molar-refractivity contribution >= 4 is 17.7 Å². The number of aryl methyl sites for hydroxylation is 1. The zero-order valence-corrected chi connectivity index (χ0v) is 17.2. The molecule has 0 aliphatic rings. The second-order valence-electron chi connectivity index (χ2n) is 7.06. The first-order valence-electron chi connectivity index (χ1n) is 9.92. The molecule has 3 aromatic carbocycles. The van der Waals surface area contributed by atoms with Crippen LogP contribution in [-0.2, 0) is 4.74 Å². The second kappa shape index (κ2) is 10.3. The summed E-state index contributed by atoms with van der Waals surface area (Å²) in [6.07, 6.45) is 0.766. The van der Waals surface area contributed by atoms with Crippen LogP contribution in [-0.4, -0.2) is 25.7 Å². The Bertz CT molecular complexity index is 948. The number of anilines is 1. The van der Waals surface area contributed by atoms with E-state index >= 15 is 0 Å². The van der Waals surface area contributed by atoms with Gasteiger partial charge in [0.2, 0.25) is 0 Å². The highest BCUT2D eigenvalue weighted by molar-refractivity contribution is 5.94. The molecule has 0 heterocycles. The monoisotopic (exact) mass is 402 g/mol. The molecule has 0 bridgehead atoms. The lowest BCUT2D eigenvalue weighted by Gasteiger charge is -2.19. The summed E-state index contributed by atoms with van der Waals surface area (Å²) in [4.78, 5) is 24.2. The molecule has 0 spiro atoms. The number of carbonyl (C=O) groups is 2. The molecule has 0 aromatic heterocycles. The first-order valence-corrected chi connectivity index (χ1v) is 9.92. The maximum Gasteiger partial charge on any atom is 0.337 e. The third-order valence-electron chi connectivity index (χ3n) is 5.03. The molecule has 2 amide bonds. The minimum Gasteiger partial charge on any atom is -0.465 e. The highest BCUT2D eigenvalue weighted by Crippen LogP contribution is 2.27. The molecule has 0 unspecified atom stereocenters. The molecule has 3 rings (SSSR count). The van der Waals surface area contributed by atoms with Crippen molar-refractivity contribution in [2.75, 3.05) is 19.0 Å². The summed E-state index contributed by atoms with van der Waals surface area (Å²) in [6.45, 7) is 2.38. The average molecular weight is 402 g/mol. The van der Waals surface area contributed by atoms with Crippen LogP contribution in [0.1, 0.15) is 39.4 Å². The van der Waals surface area contributed by atoms with E-state index in [4.69, 9.17) is 4.74 Å². The first-order chi connectivity index (χ1) is 14.6. The van der Waals surface area contributed by atoms with Crippen molar-refractivity contribution in [2.45, 2.75) is 19.3 Å². The van der Waals surface area contributed by atoms with Crippen molar-refractivity contribution in [1.29, 1.82) is 0 Å². The van der Waals surface area contributed by atoms with Gasteiger partial charge >= 0.3 is 12.0 Å². The summed E-state index contributed by atoms with van der Waals surface area (Å²) in [5.41, 5.74) is 4.27. The minimum absolute atomic E-state index is 0.192. The Labute approximate surface area is 177 Å². The standard InChI is InChI=1S/C25H26N2O3/c1-18-13-14-21(24(28)30-2)17-23(18)27-25(29)26-16-15-22(19-9-5-3-6-10-19)20-11-7-4-8-12-20/h3-14,17,22H,15-16H2,1-2H3,(H2,26,27,29). The molecule has 0 saturated carbocycles. The lowest BCUT2D eigenvalue weighted by Crippen LogP contribution is -2.30. The number of nitrogens with one attached hydrogen (secondary N) is 2. The van der Waals surface area contributed by atoms with E-state index in [0.717, 1.165) is 12.0 Å². The highest BCUT2D eigenvalue weighted by atomic mass is 16.5. The van der Waals surface area contributed by atoms with E-state index < -0.39 is 5.97 Å². The van der Waals surface area contributed by atoms with Crippen molar-refractivity contribution in [3.8, 4) is 0 Å². The van der Waals surface area contributed by atoms with Crippen molar-refractivity contribution < 1.29 is 14.3 Å². The van der Waals surface area contributed by atoms with Gasteiger partial charge in [0.05, 0.1) is 12.7 Å². The third kappa shape index (κ3) is 5.47. The quantitative estimate of drug-likeness (QED) is 0.539. The maximum atomic E-state index is 12.4. The van der Waals surface area contributed by atoms with Crippen molar-refractivity contribution in [1.82, 2.24) is 5.32 Å². The fourth-order valence-corrected chi connectivity index (χ4v) is 3.39. The molecular weight excluding hydrogens is 376 g/mol. The molecule has 154 valence electrons. The lowest BCUT2D eigenvalue weighted by atomic mass is 9.88. The van der Waals surface area contributed by atoms with Crippen molar-refractivity contribution in [2.24, 2.45) is 0 Å². The van der Waals surface area contributed by atoms with Gasteiger partial charge in [0, 0.05) is 18.2 Å². The normalized spacial score (nSPS) is 10.5. The second-order valence-corrected chi connectivity index (χ2v) is 7.06. The predicted molar refractivity (Wildman–Crippen MR) is 119 cm³/mol. The Balaban J connectivity index is 1.63. The third-order valence-corrected chi connectivity index (χ3v) is 5.03. The van der Waals surface area contributed by atoms with Crippen LogP contribution in [0.4, 0.5) is 10.5 Å². The van der Waals surface area contributed by atoms with Crippen LogP contribution in [0.5, 0.6) is 0 Å². The molecule has 0 saturated heterocycles. The van der Waals surface area contributed by atoms with Gasteiger partial charge in [-0.25, -0.2) is 9.59 Å². The van der Waals surface area contributed by atoms with E-state index in [1.165, 1.54) is 18.2 Å². The zero-order valence-electron chi connectivity index (χ0n) is 17.2. The summed E-state index contributed by atoms with van der Waals surface area (Å²) in [5.74, 6) is -0.246. The molecular formula is C25H26N2O3. The highest BCUT2D eigenvalue weighted by Gasteiger charge is 2.15. The van der Waals surface area contributed by atoms with Gasteiger partial charge in [-0.05, 0) is 42.2 Å². The topological polar surface area (TPSA) is 67.4 Å². The molecule has 5 nitrogen and oxygen atoms in total. The fraction of sp³-hybridized carbons (Fsp3) is 0.200. The number of carbonyl (C=O) groups excluding carboxylic acids is 2. The Morgan fingerprint density at radius 1 is 0.900 bits per heavy atom. The Morgan fingerprint density at radius 2 is 1.50 bits per heavy atom. The average Bonchev–Trinajstić information content (AvgIpc) is 2.79. The van der Waals surface area contributed by atoms with Crippen LogP contribution in [0, 0.1) is 6.92 Å². The Morgan fingerprint density at radius 3 is 2.07 bits per heavy atom. The molecule has 0 atom stereocenters. The van der Waals surface area contributed by atoms with Gasteiger partial charge in [0.25, 0.3) is 0 Å². The number of urea groups is 1. The van der Waals surface area contributed by atoms with E-state index in [2.05, 4.69) is 34.9 Å². The summed E-state index contributed by atoms with van der Waals surface area (Å²) < 4.78 is 4.74. The van der Waals surface area contributed by atoms with Gasteiger partial charge in [-0.1, -0.05) is 66.7 Å². The molecule has 0 aliphatic heterocycles. The number of ether oxygens (including phenoxy) is 1. The van der Waals surface area contributed by atoms with E-state index in [0.29, 0.717) is 17.8 Å². The SMILES string of the molecule is COC(=O)c1ccc(C)c(NC(=O)NCCC(c2ccccc2)c2ccccc2)c1. The van der Waals surface area contributed by atoms with E-state index in [9.17, 15) is 9.59 Å². The lowest BCUT2D eigenvalue weighted by molar-refractivity contribution is 0.0600. The smallest absolute Gasteiger partial charge is 0.337 e. The molecule has 2 N–H and O–H groups in total. The summed E-state index contributed by atoms with van der Waals surface area (Å²) in [6, 6.07) is 25.3. The van der Waals surface area contributed by atoms with Crippen LogP contribution in [0.2, 0.25) is 0 Å². The van der Waals surface area contributed by atoms with Gasteiger partial charge in [-0.15, -0.1) is 0 Å². The molecule has 0 aliphatic carbocycles. The van der Waals surface area contributed by atoms with E-state index in [-0.39, 0.29) is 11.9 Å². The molecule has 30 heavy (non-hydrogen) atoms. The molecule has 0 fully saturated rings. The van der Waals surface area contributed by atoms with Crippen molar-refractivity contribution in [3.63, 3.8) is 0 Å². The van der Waals surface area contributed by atoms with Crippen LogP contribution < -0.4 is 10.6 Å². The summed E-state index contributed by atoms with van der Waals surface area (Å²) >= 11 is 0. The van der Waals surface area contributed by atoms with Crippen LogP contribution >= 0.6 is 0 Å². The number of hydrogen-bond donors (Lipinski definition) is 2. The minimum atomic E-state index is -0.438. The van der Waals surface area contributed by atoms with Crippen molar-refractivity contribution in [3.05, 3.63) is 101 Å². The van der Waals surface area contributed by atoms with Gasteiger partial charge in [0.15, 0.2) is 0 Å². The zero-order chi connectivity index (χ0) is 21.3. The largest absolute Gasteiger partial charge is 0.465 e. The number of hydrogen-bond acceptors (Lipinski definition) is 3. The molecule has 5 heteroatoms. The van der Waals surface area contributed by atoms with E-state index in [1.54, 1.807) is 18.2 Å². The molecule has 0 radical (unpaired) electrons. The summed E-state index contributed by atoms with van der Waals surface area (Å²) in [5, 5.41) is 5.75. The number of rotatable bonds is 7. The fourth-order valence-electron chi connectivity index (χ4n) is 3.39. The number of methoxy groups -OCH3 is 1. The van der Waals surface area contributed by atoms with Gasteiger partial charge in [-0.2, -0.15) is 0 Å². The predicted octanol–water partition coefficient (Wildman–Crippen LogP) is 5.13. The summed E-state index contributed by atoms with van der Waals surface area (Å²) in [7, 11) is 1.33.